The van der Waals surface area contributed by atoms with Crippen molar-refractivity contribution in [3.8, 4) is 0 Å². The first-order valence-electron chi connectivity index (χ1n) is 5.54. The summed E-state index contributed by atoms with van der Waals surface area (Å²) in [7, 11) is -3.02. The first kappa shape index (κ1) is 15.9. The third kappa shape index (κ3) is 4.82. The van der Waals surface area contributed by atoms with Crippen LogP contribution in [0.2, 0.25) is 0 Å². The van der Waals surface area contributed by atoms with Crippen LogP contribution in [0.1, 0.15) is 12.5 Å². The van der Waals surface area contributed by atoms with Crippen molar-refractivity contribution in [2.24, 2.45) is 0 Å². The second kappa shape index (κ2) is 7.41. The van der Waals surface area contributed by atoms with Gasteiger partial charge in [0.1, 0.15) is 6.61 Å². The van der Waals surface area contributed by atoms with Crippen LogP contribution in [0.25, 0.3) is 0 Å². The average molecular weight is 299 g/mol. The second-order valence-corrected chi connectivity index (χ2v) is 4.69. The van der Waals surface area contributed by atoms with Crippen LogP contribution in [0.5, 0.6) is 0 Å². The fourth-order valence-corrected chi connectivity index (χ4v) is 1.68. The summed E-state index contributed by atoms with van der Waals surface area (Å²) in [4.78, 5) is 22.6. The Morgan fingerprint density at radius 2 is 1.90 bits per heavy atom. The summed E-state index contributed by atoms with van der Waals surface area (Å²) < 4.78 is 26.2. The van der Waals surface area contributed by atoms with Gasteiger partial charge in [-0.2, -0.15) is 8.42 Å². The standard InChI is InChI=1S/C12H13NO6S/c1-8(14)13-10(12(16)20(17)18)11(15)19-7-9-5-3-2-4-6-9/h2-6,10,16H,7H2,1H3,(H,13,14)/t10-/m1/s1. The molecule has 0 aliphatic rings. The lowest BCUT2D eigenvalue weighted by atomic mass is 10.2. The summed E-state index contributed by atoms with van der Waals surface area (Å²) in [5, 5.41) is 10.1. The van der Waals surface area contributed by atoms with Crippen LogP contribution in [-0.2, 0) is 31.2 Å². The first-order valence-corrected chi connectivity index (χ1v) is 6.62. The fraction of sp³-hybridized carbons (Fsp3) is 0.250. The molecule has 0 spiro atoms. The Kier molecular flexibility index (Phi) is 5.88. The Morgan fingerprint density at radius 1 is 1.30 bits per heavy atom. The number of aliphatic hydroxyl groups excluding tert-OH is 1. The van der Waals surface area contributed by atoms with Crippen LogP contribution in [-0.4, -0.2) is 36.5 Å². The molecule has 8 heteroatoms. The Balaban J connectivity index is 2.79. The van der Waals surface area contributed by atoms with Gasteiger partial charge in [-0.15, -0.1) is 0 Å². The van der Waals surface area contributed by atoms with Gasteiger partial charge in [-0.25, -0.2) is 4.79 Å². The quantitative estimate of drug-likeness (QED) is 0.575. The number of carbonyl (C=O) groups is 2. The highest BCUT2D eigenvalue weighted by Crippen LogP contribution is 2.02. The Hall–Kier alpha value is -2.19. The second-order valence-electron chi connectivity index (χ2n) is 3.80. The molecule has 0 heterocycles. The summed E-state index contributed by atoms with van der Waals surface area (Å²) in [6.45, 7) is 0.979. The monoisotopic (exact) mass is 299 g/mol. The molecule has 1 aromatic rings. The van der Waals surface area contributed by atoms with E-state index >= 15 is 0 Å². The van der Waals surface area contributed by atoms with E-state index in [9.17, 15) is 23.1 Å². The molecular formula is C12H13NO6S. The van der Waals surface area contributed by atoms with Crippen molar-refractivity contribution < 1.29 is 27.9 Å². The molecule has 1 rings (SSSR count). The molecule has 20 heavy (non-hydrogen) atoms. The number of esters is 1. The summed E-state index contributed by atoms with van der Waals surface area (Å²) in [6, 6.07) is 6.93. The molecule has 108 valence electrons. The molecule has 0 aromatic heterocycles. The Morgan fingerprint density at radius 3 is 2.40 bits per heavy atom. The maximum absolute atomic E-state index is 11.7. The van der Waals surface area contributed by atoms with E-state index in [4.69, 9.17) is 4.74 Å². The fourth-order valence-electron chi connectivity index (χ4n) is 1.33. The lowest BCUT2D eigenvalue weighted by molar-refractivity contribution is -0.147. The van der Waals surface area contributed by atoms with Crippen molar-refractivity contribution in [2.45, 2.75) is 19.6 Å². The molecule has 0 aliphatic carbocycles. The van der Waals surface area contributed by atoms with Gasteiger partial charge >= 0.3 is 5.97 Å². The Labute approximate surface area is 116 Å². The van der Waals surface area contributed by atoms with Gasteiger partial charge in [0.15, 0.2) is 6.04 Å². The van der Waals surface area contributed by atoms with E-state index in [0.29, 0.717) is 5.56 Å². The molecule has 0 saturated carbocycles. The molecule has 0 aliphatic heterocycles. The van der Waals surface area contributed by atoms with Crippen molar-refractivity contribution in [1.82, 2.24) is 5.32 Å². The smallest absolute Gasteiger partial charge is 0.336 e. The molecule has 1 aromatic carbocycles. The van der Waals surface area contributed by atoms with E-state index < -0.39 is 33.3 Å². The van der Waals surface area contributed by atoms with Crippen LogP contribution in [0, 0.1) is 0 Å². The molecule has 1 atom stereocenters. The molecule has 0 radical (unpaired) electrons. The largest absolute Gasteiger partial charge is 0.459 e. The zero-order valence-corrected chi connectivity index (χ0v) is 11.4. The first-order chi connectivity index (χ1) is 9.41. The molecule has 0 fully saturated rings. The van der Waals surface area contributed by atoms with Gasteiger partial charge in [0.25, 0.3) is 0 Å². The molecule has 0 unspecified atom stereocenters. The Bertz CT molecular complexity index is 615. The number of carbonyl (C=O) groups excluding carboxylic acids is 2. The highest BCUT2D eigenvalue weighted by Gasteiger charge is 2.27. The number of aliphatic hydroxyl groups is 1. The molecule has 0 bridgehead atoms. The number of ether oxygens (including phenoxy) is 1. The van der Waals surface area contributed by atoms with Crippen LogP contribution < -0.4 is 5.32 Å². The average Bonchev–Trinajstić information content (AvgIpc) is 2.42. The van der Waals surface area contributed by atoms with Gasteiger partial charge in [0.2, 0.25) is 21.3 Å². The van der Waals surface area contributed by atoms with Crippen LogP contribution in [0.15, 0.2) is 30.3 Å². The zero-order chi connectivity index (χ0) is 15.1. The van der Waals surface area contributed by atoms with Crippen molar-refractivity contribution in [3.63, 3.8) is 0 Å². The lowest BCUT2D eigenvalue weighted by Gasteiger charge is -2.14. The molecule has 0 saturated heterocycles. The molecular weight excluding hydrogens is 286 g/mol. The number of nitrogens with one attached hydrogen (secondary N) is 1. The highest BCUT2D eigenvalue weighted by atomic mass is 32.2. The predicted molar refractivity (Wildman–Crippen MR) is 70.4 cm³/mol. The van der Waals surface area contributed by atoms with Gasteiger partial charge in [0.05, 0.1) is 0 Å². The van der Waals surface area contributed by atoms with Crippen molar-refractivity contribution in [3.05, 3.63) is 35.9 Å². The lowest BCUT2D eigenvalue weighted by Crippen LogP contribution is -2.46. The third-order valence-corrected chi connectivity index (χ3v) is 2.80. The van der Waals surface area contributed by atoms with Gasteiger partial charge < -0.3 is 15.2 Å². The van der Waals surface area contributed by atoms with Crippen molar-refractivity contribution in [1.29, 1.82) is 0 Å². The zero-order valence-electron chi connectivity index (χ0n) is 10.6. The molecule has 2 N–H and O–H groups in total. The van der Waals surface area contributed by atoms with E-state index in [1.54, 1.807) is 30.3 Å². The van der Waals surface area contributed by atoms with Crippen molar-refractivity contribution >= 4 is 27.2 Å². The minimum atomic E-state index is -3.02. The van der Waals surface area contributed by atoms with Gasteiger partial charge in [-0.3, -0.25) is 4.79 Å². The van der Waals surface area contributed by atoms with Crippen LogP contribution >= 0.6 is 0 Å². The van der Waals surface area contributed by atoms with E-state index in [-0.39, 0.29) is 6.61 Å². The van der Waals surface area contributed by atoms with E-state index in [0.717, 1.165) is 6.92 Å². The number of benzene rings is 1. The maximum Gasteiger partial charge on any atom is 0.336 e. The number of amides is 1. The van der Waals surface area contributed by atoms with Gasteiger partial charge in [0, 0.05) is 6.92 Å². The third-order valence-electron chi connectivity index (χ3n) is 2.22. The minimum absolute atomic E-state index is 0.103. The number of rotatable bonds is 5. The summed E-state index contributed by atoms with van der Waals surface area (Å²) in [6.07, 6.45) is 0. The van der Waals surface area contributed by atoms with E-state index in [1.807, 2.05) is 5.32 Å². The van der Waals surface area contributed by atoms with E-state index in [1.165, 1.54) is 0 Å². The minimum Gasteiger partial charge on any atom is -0.459 e. The normalized spacial score (nSPS) is 11.3. The summed E-state index contributed by atoms with van der Waals surface area (Å²) >= 11 is 0. The van der Waals surface area contributed by atoms with Crippen molar-refractivity contribution in [2.75, 3.05) is 0 Å². The SMILES string of the molecule is CC(=O)N[C@H](C(=O)OCc1ccccc1)C(O)=S(=O)=O. The molecule has 7 nitrogen and oxygen atoms in total. The number of hydrogen-bond acceptors (Lipinski definition) is 5. The van der Waals surface area contributed by atoms with Crippen LogP contribution in [0.3, 0.4) is 0 Å². The topological polar surface area (TPSA) is 110 Å². The number of hydrogen-bond donors (Lipinski definition) is 2. The maximum atomic E-state index is 11.7. The van der Waals surface area contributed by atoms with E-state index in [2.05, 4.69) is 0 Å². The summed E-state index contributed by atoms with van der Waals surface area (Å²) in [5.74, 6) is -1.74. The highest BCUT2D eigenvalue weighted by molar-refractivity contribution is 7.72. The molecule has 1 amide bonds. The van der Waals surface area contributed by atoms with Gasteiger partial charge in [-0.1, -0.05) is 30.3 Å². The summed E-state index contributed by atoms with van der Waals surface area (Å²) in [5.41, 5.74) is 0.685. The van der Waals surface area contributed by atoms with Crippen LogP contribution in [0.4, 0.5) is 0 Å². The predicted octanol–water partition coefficient (Wildman–Crippen LogP) is -0.199. The van der Waals surface area contributed by atoms with Gasteiger partial charge in [-0.05, 0) is 5.56 Å².